The summed E-state index contributed by atoms with van der Waals surface area (Å²) in [6.07, 6.45) is 0.662. The predicted octanol–water partition coefficient (Wildman–Crippen LogP) is 3.03. The van der Waals surface area contributed by atoms with Gasteiger partial charge in [-0.3, -0.25) is 30.6 Å². The van der Waals surface area contributed by atoms with Crippen LogP contribution in [0.1, 0.15) is 21.5 Å². The molecule has 30 heavy (non-hydrogen) atoms. The lowest BCUT2D eigenvalue weighted by atomic mass is 10.0. The summed E-state index contributed by atoms with van der Waals surface area (Å²) in [5.41, 5.74) is 6.61. The zero-order valence-corrected chi connectivity index (χ0v) is 15.9. The molecule has 0 aliphatic carbocycles. The van der Waals surface area contributed by atoms with Gasteiger partial charge in [0.2, 0.25) is 0 Å². The number of rotatable bonds is 7. The maximum absolute atomic E-state index is 12.0. The van der Waals surface area contributed by atoms with Gasteiger partial charge in [-0.25, -0.2) is 0 Å². The summed E-state index contributed by atoms with van der Waals surface area (Å²) in [5, 5.41) is 10.6. The van der Waals surface area contributed by atoms with Crippen LogP contribution < -0.4 is 15.6 Å². The van der Waals surface area contributed by atoms with Crippen LogP contribution in [-0.4, -0.2) is 23.3 Å². The maximum atomic E-state index is 12.0. The molecule has 8 nitrogen and oxygen atoms in total. The first kappa shape index (κ1) is 20.5. The van der Waals surface area contributed by atoms with E-state index in [1.807, 2.05) is 48.5 Å². The Hall–Kier alpha value is -4.20. The molecule has 8 heteroatoms. The van der Waals surface area contributed by atoms with Crippen LogP contribution in [0.15, 0.2) is 78.9 Å². The molecule has 152 valence electrons. The molecule has 0 aliphatic heterocycles. The summed E-state index contributed by atoms with van der Waals surface area (Å²) in [7, 11) is 0. The highest BCUT2D eigenvalue weighted by molar-refractivity contribution is 5.95. The summed E-state index contributed by atoms with van der Waals surface area (Å²) < 4.78 is 5.61. The van der Waals surface area contributed by atoms with Crippen LogP contribution in [-0.2, 0) is 11.2 Å². The Kier molecular flexibility index (Phi) is 6.73. The third kappa shape index (κ3) is 5.65. The number of carbonyl (C=O) groups is 2. The average Bonchev–Trinajstić information content (AvgIpc) is 2.77. The highest BCUT2D eigenvalue weighted by Crippen LogP contribution is 2.21. The highest BCUT2D eigenvalue weighted by atomic mass is 16.6. The highest BCUT2D eigenvalue weighted by Gasteiger charge is 2.11. The SMILES string of the molecule is O=C(COc1ccccc1Cc1ccccc1)NNC(=O)c1ccc([N+](=O)[O-])cc1. The van der Waals surface area contributed by atoms with Crippen LogP contribution in [0.5, 0.6) is 5.75 Å². The van der Waals surface area contributed by atoms with E-state index in [9.17, 15) is 19.7 Å². The van der Waals surface area contributed by atoms with Crippen molar-refractivity contribution in [3.8, 4) is 5.75 Å². The second kappa shape index (κ2) is 9.83. The van der Waals surface area contributed by atoms with Crippen molar-refractivity contribution in [1.82, 2.24) is 10.9 Å². The number of nitro groups is 1. The Morgan fingerprint density at radius 2 is 1.53 bits per heavy atom. The largest absolute Gasteiger partial charge is 0.483 e. The molecule has 0 fully saturated rings. The Balaban J connectivity index is 1.51. The van der Waals surface area contributed by atoms with Gasteiger partial charge < -0.3 is 4.74 Å². The van der Waals surface area contributed by atoms with Gasteiger partial charge in [-0.05, 0) is 29.3 Å². The topological polar surface area (TPSA) is 111 Å². The average molecular weight is 405 g/mol. The van der Waals surface area contributed by atoms with E-state index in [1.165, 1.54) is 24.3 Å². The normalized spacial score (nSPS) is 10.1. The van der Waals surface area contributed by atoms with E-state index in [4.69, 9.17) is 4.74 Å². The van der Waals surface area contributed by atoms with Gasteiger partial charge in [-0.1, -0.05) is 48.5 Å². The van der Waals surface area contributed by atoms with E-state index in [1.54, 1.807) is 6.07 Å². The van der Waals surface area contributed by atoms with E-state index in [0.29, 0.717) is 12.2 Å². The Bertz CT molecular complexity index is 1040. The second-order valence-electron chi connectivity index (χ2n) is 6.37. The molecule has 0 unspecified atom stereocenters. The molecule has 0 atom stereocenters. The van der Waals surface area contributed by atoms with Crippen molar-refractivity contribution in [3.63, 3.8) is 0 Å². The van der Waals surface area contributed by atoms with E-state index < -0.39 is 16.7 Å². The number of para-hydroxylation sites is 1. The molecule has 0 saturated carbocycles. The van der Waals surface area contributed by atoms with Crippen LogP contribution in [0.2, 0.25) is 0 Å². The smallest absolute Gasteiger partial charge is 0.276 e. The van der Waals surface area contributed by atoms with Gasteiger partial charge in [-0.15, -0.1) is 0 Å². The van der Waals surface area contributed by atoms with Gasteiger partial charge in [0.05, 0.1) is 4.92 Å². The van der Waals surface area contributed by atoms with Crippen LogP contribution in [0.25, 0.3) is 0 Å². The van der Waals surface area contributed by atoms with Crippen molar-refractivity contribution in [2.24, 2.45) is 0 Å². The van der Waals surface area contributed by atoms with Gasteiger partial charge in [0.25, 0.3) is 17.5 Å². The van der Waals surface area contributed by atoms with E-state index in [-0.39, 0.29) is 17.9 Å². The molecule has 0 aromatic heterocycles. The molecule has 2 amide bonds. The summed E-state index contributed by atoms with van der Waals surface area (Å²) in [4.78, 5) is 34.1. The van der Waals surface area contributed by atoms with Crippen molar-refractivity contribution in [1.29, 1.82) is 0 Å². The van der Waals surface area contributed by atoms with Crippen molar-refractivity contribution >= 4 is 17.5 Å². The number of hydrogen-bond donors (Lipinski definition) is 2. The lowest BCUT2D eigenvalue weighted by molar-refractivity contribution is -0.384. The predicted molar refractivity (Wildman–Crippen MR) is 110 cm³/mol. The third-order valence-electron chi connectivity index (χ3n) is 4.22. The Labute approximate surface area is 172 Å². The summed E-state index contributed by atoms with van der Waals surface area (Å²) in [6.45, 7) is -0.285. The number of carbonyl (C=O) groups excluding carboxylic acids is 2. The summed E-state index contributed by atoms with van der Waals surface area (Å²) >= 11 is 0. The van der Waals surface area contributed by atoms with Crippen molar-refractivity contribution in [3.05, 3.63) is 106 Å². The number of hydrazine groups is 1. The zero-order chi connectivity index (χ0) is 21.3. The van der Waals surface area contributed by atoms with Crippen molar-refractivity contribution in [2.45, 2.75) is 6.42 Å². The first-order chi connectivity index (χ1) is 14.5. The van der Waals surface area contributed by atoms with E-state index in [0.717, 1.165) is 11.1 Å². The fourth-order valence-corrected chi connectivity index (χ4v) is 2.72. The van der Waals surface area contributed by atoms with Gasteiger partial charge >= 0.3 is 0 Å². The molecule has 3 aromatic carbocycles. The van der Waals surface area contributed by atoms with Gasteiger partial charge in [-0.2, -0.15) is 0 Å². The first-order valence-electron chi connectivity index (χ1n) is 9.11. The molecule has 0 aliphatic rings. The number of non-ortho nitro benzene ring substituents is 1. The maximum Gasteiger partial charge on any atom is 0.276 e. The van der Waals surface area contributed by atoms with Gasteiger partial charge in [0, 0.05) is 24.1 Å². The molecule has 0 spiro atoms. The van der Waals surface area contributed by atoms with Crippen LogP contribution >= 0.6 is 0 Å². The number of benzene rings is 3. The monoisotopic (exact) mass is 405 g/mol. The van der Waals surface area contributed by atoms with Crippen LogP contribution in [0.4, 0.5) is 5.69 Å². The molecule has 0 radical (unpaired) electrons. The fraction of sp³-hybridized carbons (Fsp3) is 0.0909. The molecule has 2 N–H and O–H groups in total. The fourth-order valence-electron chi connectivity index (χ4n) is 2.72. The second-order valence-corrected chi connectivity index (χ2v) is 6.37. The number of ether oxygens (including phenoxy) is 1. The van der Waals surface area contributed by atoms with Crippen LogP contribution in [0, 0.1) is 10.1 Å². The minimum absolute atomic E-state index is 0.127. The van der Waals surface area contributed by atoms with Crippen molar-refractivity contribution in [2.75, 3.05) is 6.61 Å². The molecule has 0 heterocycles. The Morgan fingerprint density at radius 1 is 0.867 bits per heavy atom. The van der Waals surface area contributed by atoms with E-state index in [2.05, 4.69) is 10.9 Å². The van der Waals surface area contributed by atoms with E-state index >= 15 is 0 Å². The number of nitrogens with zero attached hydrogens (tertiary/aromatic N) is 1. The molecule has 0 bridgehead atoms. The number of amides is 2. The third-order valence-corrected chi connectivity index (χ3v) is 4.22. The molecular weight excluding hydrogens is 386 g/mol. The molecule has 0 saturated heterocycles. The van der Waals surface area contributed by atoms with Crippen molar-refractivity contribution < 1.29 is 19.2 Å². The quantitative estimate of drug-likeness (QED) is 0.464. The number of hydrogen-bond acceptors (Lipinski definition) is 5. The number of nitrogens with one attached hydrogen (secondary N) is 2. The minimum Gasteiger partial charge on any atom is -0.483 e. The zero-order valence-electron chi connectivity index (χ0n) is 15.9. The lowest BCUT2D eigenvalue weighted by Crippen LogP contribution is -2.43. The summed E-state index contributed by atoms with van der Waals surface area (Å²) in [5.74, 6) is -0.555. The molecule has 3 rings (SSSR count). The van der Waals surface area contributed by atoms with Gasteiger partial charge in [0.15, 0.2) is 6.61 Å². The van der Waals surface area contributed by atoms with Crippen LogP contribution in [0.3, 0.4) is 0 Å². The molecule has 3 aromatic rings. The lowest BCUT2D eigenvalue weighted by Gasteiger charge is -2.12. The summed E-state index contributed by atoms with van der Waals surface area (Å²) in [6, 6.07) is 22.3. The van der Waals surface area contributed by atoms with Gasteiger partial charge in [0.1, 0.15) is 5.75 Å². The Morgan fingerprint density at radius 3 is 2.23 bits per heavy atom. The first-order valence-corrected chi connectivity index (χ1v) is 9.11. The minimum atomic E-state index is -0.595. The standard InChI is InChI=1S/C22H19N3O5/c26-21(23-24-22(27)17-10-12-19(13-11-17)25(28)29)15-30-20-9-5-4-8-18(20)14-16-6-2-1-3-7-16/h1-13H,14-15H2,(H,23,26)(H,24,27). The number of nitro benzene ring substituents is 1. The molecular formula is C22H19N3O5.